The summed E-state index contributed by atoms with van der Waals surface area (Å²) in [5, 5.41) is 14.9. The number of hydrogen-bond acceptors (Lipinski definition) is 3. The van der Waals surface area contributed by atoms with E-state index in [0.29, 0.717) is 5.82 Å². The quantitative estimate of drug-likeness (QED) is 0.440. The molecule has 2 aliphatic heterocycles. The Morgan fingerprint density at radius 3 is 3.31 bits per heavy atom. The van der Waals surface area contributed by atoms with Crippen molar-refractivity contribution in [3.05, 3.63) is 50.7 Å². The predicted octanol–water partition coefficient (Wildman–Crippen LogP) is 0.803. The number of thiophene rings is 1. The van der Waals surface area contributed by atoms with E-state index >= 15 is 0 Å². The Hall–Kier alpha value is -1.23. The lowest BCUT2D eigenvalue weighted by Crippen LogP contribution is -2.37. The summed E-state index contributed by atoms with van der Waals surface area (Å²) in [4.78, 5) is 4.28. The summed E-state index contributed by atoms with van der Waals surface area (Å²) >= 11 is 1.56. The van der Waals surface area contributed by atoms with Crippen LogP contribution in [0.5, 0.6) is 0 Å². The molecule has 1 aromatic heterocycles. The number of allylic oxidation sites excluding steroid dienone is 2. The molecule has 2 aliphatic rings. The monoisotopic (exact) mass is 190 g/mol. The summed E-state index contributed by atoms with van der Waals surface area (Å²) in [7, 11) is 0. The number of fused-ring (bicyclic) bond motifs is 2. The van der Waals surface area contributed by atoms with Crippen molar-refractivity contribution in [2.75, 3.05) is 0 Å². The van der Waals surface area contributed by atoms with Gasteiger partial charge in [0.1, 0.15) is 17.1 Å². The van der Waals surface area contributed by atoms with Crippen LogP contribution in [0.3, 0.4) is 0 Å². The molecule has 3 heterocycles. The van der Waals surface area contributed by atoms with Crippen molar-refractivity contribution in [3.63, 3.8) is 0 Å². The van der Waals surface area contributed by atoms with E-state index in [0.717, 1.165) is 9.89 Å². The average molecular weight is 190 g/mol. The van der Waals surface area contributed by atoms with Gasteiger partial charge in [-0.2, -0.15) is 4.99 Å². The third-order valence-electron chi connectivity index (χ3n) is 2.13. The molecule has 0 radical (unpaired) electrons. The Balaban J connectivity index is 2.43. The molecule has 13 heavy (non-hydrogen) atoms. The van der Waals surface area contributed by atoms with Gasteiger partial charge in [-0.05, 0) is 11.4 Å². The minimum atomic E-state index is -0.538. The smallest absolute Gasteiger partial charge is 0.238 e. The Morgan fingerprint density at radius 1 is 1.46 bits per heavy atom. The van der Waals surface area contributed by atoms with Crippen LogP contribution >= 0.6 is 11.3 Å². The lowest BCUT2D eigenvalue weighted by Gasteiger charge is -2.32. The van der Waals surface area contributed by atoms with E-state index in [1.54, 1.807) is 35.9 Å². The standard InChI is InChI=1S/C9H6N2OS/c12-11-4-1-2-8(11)10-9-7(6-11)3-5-13-9/h1-6H. The van der Waals surface area contributed by atoms with Crippen molar-refractivity contribution in [2.45, 2.75) is 0 Å². The maximum absolute atomic E-state index is 12.0. The van der Waals surface area contributed by atoms with Gasteiger partial charge in [-0.3, -0.25) is 4.65 Å². The minimum Gasteiger partial charge on any atom is -0.616 e. The molecule has 3 rings (SSSR count). The molecule has 0 spiro atoms. The first-order valence-corrected chi connectivity index (χ1v) is 4.81. The second-order valence-corrected chi connectivity index (χ2v) is 3.89. The van der Waals surface area contributed by atoms with Gasteiger partial charge in [0.05, 0.1) is 5.22 Å². The lowest BCUT2D eigenvalue weighted by molar-refractivity contribution is -0.699. The number of quaternary nitrogens is 1. The molecule has 1 unspecified atom stereocenters. The summed E-state index contributed by atoms with van der Waals surface area (Å²) < 4.78 is 0.392. The van der Waals surface area contributed by atoms with Crippen LogP contribution < -0.4 is 9.89 Å². The topological polar surface area (TPSA) is 35.4 Å². The molecule has 0 fully saturated rings. The van der Waals surface area contributed by atoms with E-state index in [-0.39, 0.29) is 0 Å². The van der Waals surface area contributed by atoms with Crippen molar-refractivity contribution in [1.82, 2.24) is 0 Å². The summed E-state index contributed by atoms with van der Waals surface area (Å²) in [6.07, 6.45) is 6.76. The molecule has 1 aromatic rings. The van der Waals surface area contributed by atoms with E-state index < -0.39 is 4.65 Å². The fourth-order valence-corrected chi connectivity index (χ4v) is 2.23. The zero-order valence-corrected chi connectivity index (χ0v) is 7.49. The SMILES string of the molecule is [O-][N+]12C=CC=C1N=c1sccc1=C2. The van der Waals surface area contributed by atoms with E-state index in [9.17, 15) is 5.21 Å². The Morgan fingerprint density at radius 2 is 2.38 bits per heavy atom. The van der Waals surface area contributed by atoms with Gasteiger partial charge in [0.15, 0.2) is 0 Å². The molecular formula is C9H6N2OS. The third-order valence-corrected chi connectivity index (χ3v) is 2.95. The third kappa shape index (κ3) is 0.875. The van der Waals surface area contributed by atoms with E-state index in [2.05, 4.69) is 4.99 Å². The summed E-state index contributed by atoms with van der Waals surface area (Å²) in [6.45, 7) is 0. The average Bonchev–Trinajstić information content (AvgIpc) is 2.63. The van der Waals surface area contributed by atoms with E-state index in [4.69, 9.17) is 0 Å². The Bertz CT molecular complexity index is 540. The van der Waals surface area contributed by atoms with Crippen LogP contribution in [0, 0.1) is 5.21 Å². The van der Waals surface area contributed by atoms with Crippen LogP contribution in [-0.4, -0.2) is 4.65 Å². The van der Waals surface area contributed by atoms with Crippen molar-refractivity contribution < 1.29 is 4.65 Å². The fraction of sp³-hybridized carbons (Fsp3) is 0. The zero-order chi connectivity index (χ0) is 8.89. The first-order chi connectivity index (χ1) is 6.28. The largest absolute Gasteiger partial charge is 0.616 e. The van der Waals surface area contributed by atoms with Crippen LogP contribution in [0.25, 0.3) is 6.20 Å². The Labute approximate surface area is 78.4 Å². The van der Waals surface area contributed by atoms with Crippen LogP contribution in [0.1, 0.15) is 0 Å². The second-order valence-electron chi connectivity index (χ2n) is 3.00. The lowest BCUT2D eigenvalue weighted by atomic mass is 10.4. The van der Waals surface area contributed by atoms with E-state index in [1.807, 2.05) is 11.4 Å². The molecule has 0 saturated carbocycles. The van der Waals surface area contributed by atoms with Crippen molar-refractivity contribution in [2.24, 2.45) is 4.99 Å². The van der Waals surface area contributed by atoms with Crippen molar-refractivity contribution in [1.29, 1.82) is 0 Å². The maximum atomic E-state index is 12.0. The first kappa shape index (κ1) is 7.20. The summed E-state index contributed by atoms with van der Waals surface area (Å²) in [5.41, 5.74) is 0. The molecule has 0 amide bonds. The summed E-state index contributed by atoms with van der Waals surface area (Å²) in [6, 6.07) is 1.92. The highest BCUT2D eigenvalue weighted by atomic mass is 32.1. The van der Waals surface area contributed by atoms with Crippen LogP contribution in [-0.2, 0) is 0 Å². The molecule has 1 atom stereocenters. The molecule has 3 nitrogen and oxygen atoms in total. The zero-order valence-electron chi connectivity index (χ0n) is 6.68. The number of rotatable bonds is 0. The predicted molar refractivity (Wildman–Crippen MR) is 50.4 cm³/mol. The maximum Gasteiger partial charge on any atom is 0.238 e. The molecular weight excluding hydrogens is 184 g/mol. The van der Waals surface area contributed by atoms with Gasteiger partial charge in [0.25, 0.3) is 0 Å². The van der Waals surface area contributed by atoms with Crippen LogP contribution in [0.4, 0.5) is 0 Å². The molecule has 0 saturated heterocycles. The first-order valence-electron chi connectivity index (χ1n) is 3.93. The van der Waals surface area contributed by atoms with E-state index in [1.165, 1.54) is 0 Å². The fourth-order valence-electron chi connectivity index (χ4n) is 1.49. The van der Waals surface area contributed by atoms with Crippen LogP contribution in [0.2, 0.25) is 0 Å². The van der Waals surface area contributed by atoms with Gasteiger partial charge < -0.3 is 5.21 Å². The highest BCUT2D eigenvalue weighted by Crippen LogP contribution is 2.25. The van der Waals surface area contributed by atoms with Gasteiger partial charge in [0, 0.05) is 12.2 Å². The molecule has 4 heteroatoms. The normalized spacial score (nSPS) is 28.5. The molecule has 64 valence electrons. The number of nitrogens with zero attached hydrogens (tertiary/aromatic N) is 2. The number of hydroxylamine groups is 3. The molecule has 0 aliphatic carbocycles. The second kappa shape index (κ2) is 2.17. The number of hydrogen-bond donors (Lipinski definition) is 0. The van der Waals surface area contributed by atoms with Gasteiger partial charge in [-0.15, -0.1) is 11.3 Å². The van der Waals surface area contributed by atoms with Gasteiger partial charge >= 0.3 is 0 Å². The van der Waals surface area contributed by atoms with Gasteiger partial charge in [0.2, 0.25) is 5.82 Å². The Kier molecular flexibility index (Phi) is 1.20. The molecule has 0 aromatic carbocycles. The minimum absolute atomic E-state index is 0.538. The van der Waals surface area contributed by atoms with Crippen molar-refractivity contribution >= 4 is 17.5 Å². The highest BCUT2D eigenvalue weighted by molar-refractivity contribution is 7.07. The molecule has 0 N–H and O–H groups in total. The summed E-state index contributed by atoms with van der Waals surface area (Å²) in [5.74, 6) is 0.551. The van der Waals surface area contributed by atoms with Gasteiger partial charge in [-0.25, -0.2) is 0 Å². The van der Waals surface area contributed by atoms with Crippen molar-refractivity contribution in [3.8, 4) is 0 Å². The molecule has 0 bridgehead atoms. The highest BCUT2D eigenvalue weighted by Gasteiger charge is 2.24. The van der Waals surface area contributed by atoms with Gasteiger partial charge in [-0.1, -0.05) is 0 Å². The van der Waals surface area contributed by atoms with Crippen LogP contribution in [0.15, 0.2) is 40.6 Å².